The first-order chi connectivity index (χ1) is 5.66. The molecule has 0 aromatic heterocycles. The number of nitrogens with one attached hydrogen (secondary N) is 1. The van der Waals surface area contributed by atoms with Crippen LogP contribution in [0.5, 0.6) is 0 Å². The van der Waals surface area contributed by atoms with Crippen molar-refractivity contribution in [1.82, 2.24) is 5.32 Å². The van der Waals surface area contributed by atoms with Crippen LogP contribution in [-0.4, -0.2) is 12.6 Å². The van der Waals surface area contributed by atoms with Crippen molar-refractivity contribution in [2.45, 2.75) is 59.4 Å². The Kier molecular flexibility index (Phi) is 12.5. The standard InChI is InChI=1S/C11H25N.ClH/c1-5-6-9-12-11(4)8-7-10(2)3;/h10-12H,5-9H2,1-4H3;1H. The summed E-state index contributed by atoms with van der Waals surface area (Å²) in [6.45, 7) is 10.3. The van der Waals surface area contributed by atoms with Gasteiger partial charge in [0.15, 0.2) is 0 Å². The Balaban J connectivity index is 0. The summed E-state index contributed by atoms with van der Waals surface area (Å²) in [7, 11) is 0. The average molecular weight is 208 g/mol. The summed E-state index contributed by atoms with van der Waals surface area (Å²) in [5, 5.41) is 3.54. The van der Waals surface area contributed by atoms with E-state index in [1.807, 2.05) is 0 Å². The fourth-order valence-corrected chi connectivity index (χ4v) is 1.21. The van der Waals surface area contributed by atoms with Gasteiger partial charge in [-0.25, -0.2) is 0 Å². The minimum atomic E-state index is 0. The van der Waals surface area contributed by atoms with Crippen LogP contribution >= 0.6 is 12.4 Å². The highest BCUT2D eigenvalue weighted by Gasteiger charge is 2.01. The van der Waals surface area contributed by atoms with Gasteiger partial charge in [-0.2, -0.15) is 0 Å². The molecule has 0 aromatic rings. The molecule has 1 N–H and O–H groups in total. The van der Waals surface area contributed by atoms with Crippen LogP contribution in [0.3, 0.4) is 0 Å². The van der Waals surface area contributed by atoms with Crippen molar-refractivity contribution in [1.29, 1.82) is 0 Å². The summed E-state index contributed by atoms with van der Waals surface area (Å²) >= 11 is 0. The van der Waals surface area contributed by atoms with Crippen molar-refractivity contribution < 1.29 is 0 Å². The lowest BCUT2D eigenvalue weighted by molar-refractivity contribution is 0.448. The van der Waals surface area contributed by atoms with Crippen LogP contribution in [-0.2, 0) is 0 Å². The van der Waals surface area contributed by atoms with Crippen LogP contribution in [0.4, 0.5) is 0 Å². The number of unbranched alkanes of at least 4 members (excludes halogenated alkanes) is 1. The van der Waals surface area contributed by atoms with Crippen LogP contribution in [0.15, 0.2) is 0 Å². The molecule has 0 saturated carbocycles. The van der Waals surface area contributed by atoms with E-state index in [1.54, 1.807) is 0 Å². The zero-order valence-electron chi connectivity index (χ0n) is 9.60. The highest BCUT2D eigenvalue weighted by atomic mass is 35.5. The van der Waals surface area contributed by atoms with Crippen molar-refractivity contribution in [2.24, 2.45) is 5.92 Å². The van der Waals surface area contributed by atoms with Crippen LogP contribution in [0.1, 0.15) is 53.4 Å². The predicted octanol–water partition coefficient (Wildman–Crippen LogP) is 3.62. The van der Waals surface area contributed by atoms with E-state index < -0.39 is 0 Å². The van der Waals surface area contributed by atoms with Gasteiger partial charge in [0.25, 0.3) is 0 Å². The van der Waals surface area contributed by atoms with E-state index in [0.29, 0.717) is 6.04 Å². The van der Waals surface area contributed by atoms with Crippen molar-refractivity contribution in [2.75, 3.05) is 6.54 Å². The Labute approximate surface area is 90.1 Å². The molecule has 0 amide bonds. The number of hydrogen-bond acceptors (Lipinski definition) is 1. The molecule has 0 aromatic carbocycles. The van der Waals surface area contributed by atoms with Crippen LogP contribution in [0.25, 0.3) is 0 Å². The zero-order chi connectivity index (χ0) is 9.40. The van der Waals surface area contributed by atoms with Gasteiger partial charge in [0.05, 0.1) is 0 Å². The first-order valence-electron chi connectivity index (χ1n) is 5.40. The van der Waals surface area contributed by atoms with Crippen molar-refractivity contribution in [3.63, 3.8) is 0 Å². The third-order valence-corrected chi connectivity index (χ3v) is 2.20. The largest absolute Gasteiger partial charge is 0.314 e. The first-order valence-corrected chi connectivity index (χ1v) is 5.40. The summed E-state index contributed by atoms with van der Waals surface area (Å²) in [5.41, 5.74) is 0. The Morgan fingerprint density at radius 2 is 1.69 bits per heavy atom. The highest BCUT2D eigenvalue weighted by Crippen LogP contribution is 2.06. The lowest BCUT2D eigenvalue weighted by Crippen LogP contribution is -2.27. The normalized spacial score (nSPS) is 12.7. The van der Waals surface area contributed by atoms with Crippen LogP contribution in [0, 0.1) is 5.92 Å². The lowest BCUT2D eigenvalue weighted by Gasteiger charge is -2.14. The average Bonchev–Trinajstić information content (AvgIpc) is 2.01. The molecule has 82 valence electrons. The molecular formula is C11H26ClN. The molecule has 0 aliphatic rings. The Morgan fingerprint density at radius 1 is 1.08 bits per heavy atom. The predicted molar refractivity (Wildman–Crippen MR) is 63.7 cm³/mol. The third-order valence-electron chi connectivity index (χ3n) is 2.20. The molecule has 1 nitrogen and oxygen atoms in total. The minimum absolute atomic E-state index is 0. The Hall–Kier alpha value is 0.250. The second-order valence-electron chi connectivity index (χ2n) is 4.18. The van der Waals surface area contributed by atoms with Gasteiger partial charge in [-0.05, 0) is 38.6 Å². The fourth-order valence-electron chi connectivity index (χ4n) is 1.21. The van der Waals surface area contributed by atoms with Crippen molar-refractivity contribution in [3.8, 4) is 0 Å². The SMILES string of the molecule is CCCCNC(C)CCC(C)C.Cl. The van der Waals surface area contributed by atoms with Crippen LogP contribution in [0.2, 0.25) is 0 Å². The molecule has 13 heavy (non-hydrogen) atoms. The van der Waals surface area contributed by atoms with Gasteiger partial charge in [0.1, 0.15) is 0 Å². The van der Waals surface area contributed by atoms with E-state index in [9.17, 15) is 0 Å². The van der Waals surface area contributed by atoms with E-state index in [-0.39, 0.29) is 12.4 Å². The van der Waals surface area contributed by atoms with Crippen molar-refractivity contribution in [3.05, 3.63) is 0 Å². The molecule has 0 spiro atoms. The maximum absolute atomic E-state index is 3.54. The van der Waals surface area contributed by atoms with Crippen LogP contribution < -0.4 is 5.32 Å². The fraction of sp³-hybridized carbons (Fsp3) is 1.00. The van der Waals surface area contributed by atoms with Gasteiger partial charge in [-0.3, -0.25) is 0 Å². The molecule has 0 aliphatic carbocycles. The number of hydrogen-bond donors (Lipinski definition) is 1. The van der Waals surface area contributed by atoms with E-state index in [2.05, 4.69) is 33.0 Å². The second-order valence-corrected chi connectivity index (χ2v) is 4.18. The molecule has 0 fully saturated rings. The second kappa shape index (κ2) is 10.3. The maximum atomic E-state index is 3.54. The van der Waals surface area contributed by atoms with Gasteiger partial charge in [-0.1, -0.05) is 27.2 Å². The highest BCUT2D eigenvalue weighted by molar-refractivity contribution is 5.85. The van der Waals surface area contributed by atoms with Gasteiger partial charge in [-0.15, -0.1) is 12.4 Å². The summed E-state index contributed by atoms with van der Waals surface area (Å²) in [4.78, 5) is 0. The van der Waals surface area contributed by atoms with Gasteiger partial charge >= 0.3 is 0 Å². The molecular weight excluding hydrogens is 182 g/mol. The molecule has 1 unspecified atom stereocenters. The summed E-state index contributed by atoms with van der Waals surface area (Å²) in [5.74, 6) is 0.848. The molecule has 0 saturated heterocycles. The molecule has 2 heteroatoms. The summed E-state index contributed by atoms with van der Waals surface area (Å²) in [6, 6.07) is 0.707. The lowest BCUT2D eigenvalue weighted by atomic mass is 10.0. The smallest absolute Gasteiger partial charge is 0.00388 e. The van der Waals surface area contributed by atoms with E-state index >= 15 is 0 Å². The van der Waals surface area contributed by atoms with E-state index in [4.69, 9.17) is 0 Å². The first kappa shape index (κ1) is 15.7. The number of rotatable bonds is 7. The molecule has 0 radical (unpaired) electrons. The molecule has 0 bridgehead atoms. The van der Waals surface area contributed by atoms with Gasteiger partial charge < -0.3 is 5.32 Å². The van der Waals surface area contributed by atoms with Gasteiger partial charge in [0, 0.05) is 6.04 Å². The summed E-state index contributed by atoms with van der Waals surface area (Å²) < 4.78 is 0. The molecule has 1 atom stereocenters. The summed E-state index contributed by atoms with van der Waals surface area (Å²) in [6.07, 6.45) is 5.28. The Morgan fingerprint density at radius 3 is 2.15 bits per heavy atom. The Bertz CT molecular complexity index is 94.1. The molecule has 0 heterocycles. The molecule has 0 rings (SSSR count). The molecule has 0 aliphatic heterocycles. The number of halogens is 1. The third kappa shape index (κ3) is 12.2. The zero-order valence-corrected chi connectivity index (χ0v) is 10.4. The van der Waals surface area contributed by atoms with E-state index in [0.717, 1.165) is 5.92 Å². The van der Waals surface area contributed by atoms with E-state index in [1.165, 1.54) is 32.2 Å². The van der Waals surface area contributed by atoms with Crippen molar-refractivity contribution >= 4 is 12.4 Å². The quantitative estimate of drug-likeness (QED) is 0.629. The van der Waals surface area contributed by atoms with Gasteiger partial charge in [0.2, 0.25) is 0 Å². The topological polar surface area (TPSA) is 12.0 Å². The maximum Gasteiger partial charge on any atom is 0.00388 e. The minimum Gasteiger partial charge on any atom is -0.314 e. The monoisotopic (exact) mass is 207 g/mol.